The number of carbonyl (C=O) groups excluding carboxylic acids is 2. The second kappa shape index (κ2) is 6.74. The van der Waals surface area contributed by atoms with Crippen molar-refractivity contribution in [3.63, 3.8) is 0 Å². The topological polar surface area (TPSA) is 94.9 Å². The number of ketones is 1. The fraction of sp³-hybridized carbons (Fsp3) is 0.357. The Morgan fingerprint density at radius 2 is 1.81 bits per heavy atom. The van der Waals surface area contributed by atoms with Crippen molar-refractivity contribution in [3.05, 3.63) is 30.0 Å². The minimum absolute atomic E-state index is 0.0655. The Balaban J connectivity index is 0.00000106. The van der Waals surface area contributed by atoms with Gasteiger partial charge in [-0.1, -0.05) is 13.8 Å². The molecule has 0 saturated heterocycles. The van der Waals surface area contributed by atoms with Gasteiger partial charge < -0.3 is 20.2 Å². The number of rotatable bonds is 3. The van der Waals surface area contributed by atoms with Crippen LogP contribution in [0, 0.1) is 0 Å². The molecule has 0 saturated carbocycles. The van der Waals surface area contributed by atoms with E-state index >= 15 is 0 Å². The molecule has 0 atom stereocenters. The zero-order valence-electron chi connectivity index (χ0n) is 13.0. The van der Waals surface area contributed by atoms with Crippen molar-refractivity contribution in [1.82, 2.24) is 14.1 Å². The number of hydrogen-bond donors (Lipinski definition) is 2. The molecule has 7 nitrogen and oxygen atoms in total. The van der Waals surface area contributed by atoms with Crippen molar-refractivity contribution in [1.29, 1.82) is 0 Å². The normalized spacial score (nSPS) is 9.76. The van der Waals surface area contributed by atoms with Gasteiger partial charge in [0.05, 0.1) is 11.4 Å². The highest BCUT2D eigenvalue weighted by atomic mass is 16.2. The van der Waals surface area contributed by atoms with E-state index in [-0.39, 0.29) is 23.3 Å². The van der Waals surface area contributed by atoms with Gasteiger partial charge in [0.2, 0.25) is 5.82 Å². The van der Waals surface area contributed by atoms with Gasteiger partial charge in [0.1, 0.15) is 5.82 Å². The van der Waals surface area contributed by atoms with E-state index in [1.807, 2.05) is 13.8 Å². The number of nitrogens with two attached hydrogens (primary N) is 1. The van der Waals surface area contributed by atoms with E-state index in [0.717, 1.165) is 0 Å². The Kier molecular flexibility index (Phi) is 5.29. The molecule has 7 heteroatoms. The van der Waals surface area contributed by atoms with Crippen LogP contribution in [0.5, 0.6) is 0 Å². The largest absolute Gasteiger partial charge is 0.382 e. The molecule has 0 bridgehead atoms. The predicted molar refractivity (Wildman–Crippen MR) is 82.3 cm³/mol. The summed E-state index contributed by atoms with van der Waals surface area (Å²) in [6.07, 6.45) is 3.22. The van der Waals surface area contributed by atoms with Gasteiger partial charge in [-0.05, 0) is 6.07 Å². The molecule has 0 aliphatic rings. The van der Waals surface area contributed by atoms with Crippen molar-refractivity contribution < 1.29 is 9.59 Å². The van der Waals surface area contributed by atoms with Crippen LogP contribution in [-0.2, 0) is 14.1 Å². The SMILES string of the molecule is CC.CC(=O)c1cc(NC(=O)c2nc(N)cn2C)cn1C. The smallest absolute Gasteiger partial charge is 0.291 e. The van der Waals surface area contributed by atoms with Crippen LogP contribution in [-0.4, -0.2) is 25.8 Å². The van der Waals surface area contributed by atoms with Gasteiger partial charge in [-0.25, -0.2) is 4.98 Å². The van der Waals surface area contributed by atoms with Gasteiger partial charge in [-0.15, -0.1) is 0 Å². The van der Waals surface area contributed by atoms with E-state index in [2.05, 4.69) is 10.3 Å². The lowest BCUT2D eigenvalue weighted by Gasteiger charge is -2.01. The van der Waals surface area contributed by atoms with Gasteiger partial charge in [0.15, 0.2) is 5.78 Å². The Morgan fingerprint density at radius 3 is 2.24 bits per heavy atom. The zero-order valence-corrected chi connectivity index (χ0v) is 13.0. The molecule has 0 unspecified atom stereocenters. The average molecular weight is 291 g/mol. The quantitative estimate of drug-likeness (QED) is 0.843. The summed E-state index contributed by atoms with van der Waals surface area (Å²) in [6.45, 7) is 5.47. The minimum atomic E-state index is -0.375. The number of carbonyl (C=O) groups is 2. The lowest BCUT2D eigenvalue weighted by atomic mass is 10.3. The first-order chi connectivity index (χ1) is 9.88. The van der Waals surface area contributed by atoms with E-state index in [0.29, 0.717) is 11.4 Å². The molecule has 0 spiro atoms. The number of imidazole rings is 1. The highest BCUT2D eigenvalue weighted by molar-refractivity contribution is 6.03. The molecule has 0 aliphatic heterocycles. The van der Waals surface area contributed by atoms with Crippen LogP contribution >= 0.6 is 0 Å². The molecule has 2 heterocycles. The van der Waals surface area contributed by atoms with Crippen LogP contribution in [0.4, 0.5) is 11.5 Å². The van der Waals surface area contributed by atoms with Gasteiger partial charge >= 0.3 is 0 Å². The second-order valence-corrected chi connectivity index (χ2v) is 4.34. The van der Waals surface area contributed by atoms with Crippen molar-refractivity contribution in [2.45, 2.75) is 20.8 Å². The first-order valence-electron chi connectivity index (χ1n) is 6.66. The van der Waals surface area contributed by atoms with Crippen molar-refractivity contribution in [3.8, 4) is 0 Å². The van der Waals surface area contributed by atoms with Gasteiger partial charge in [0, 0.05) is 33.4 Å². The van der Waals surface area contributed by atoms with Crippen LogP contribution in [0.1, 0.15) is 41.9 Å². The Hall–Kier alpha value is -2.57. The van der Waals surface area contributed by atoms with Crippen LogP contribution in [0.3, 0.4) is 0 Å². The lowest BCUT2D eigenvalue weighted by molar-refractivity contribution is 0.0998. The van der Waals surface area contributed by atoms with E-state index in [1.54, 1.807) is 41.7 Å². The molecule has 3 N–H and O–H groups in total. The maximum atomic E-state index is 12.0. The number of anilines is 2. The first-order valence-corrected chi connectivity index (χ1v) is 6.66. The number of amides is 1. The monoisotopic (exact) mass is 291 g/mol. The Morgan fingerprint density at radius 1 is 1.19 bits per heavy atom. The Bertz CT molecular complexity index is 654. The fourth-order valence-electron chi connectivity index (χ4n) is 1.87. The molecule has 0 fully saturated rings. The summed E-state index contributed by atoms with van der Waals surface area (Å²) >= 11 is 0. The van der Waals surface area contributed by atoms with Crippen molar-refractivity contribution in [2.24, 2.45) is 14.1 Å². The van der Waals surface area contributed by atoms with Crippen LogP contribution in [0.15, 0.2) is 18.5 Å². The van der Waals surface area contributed by atoms with Crippen molar-refractivity contribution >= 4 is 23.2 Å². The number of aryl methyl sites for hydroxylation is 2. The summed E-state index contributed by atoms with van der Waals surface area (Å²) in [4.78, 5) is 27.2. The minimum Gasteiger partial charge on any atom is -0.382 e. The number of aromatic nitrogens is 3. The summed E-state index contributed by atoms with van der Waals surface area (Å²) in [7, 11) is 3.43. The number of hydrogen-bond acceptors (Lipinski definition) is 4. The van der Waals surface area contributed by atoms with E-state index in [9.17, 15) is 9.59 Å². The molecule has 114 valence electrons. The fourth-order valence-corrected chi connectivity index (χ4v) is 1.87. The number of nitrogens with zero attached hydrogens (tertiary/aromatic N) is 3. The van der Waals surface area contributed by atoms with Gasteiger partial charge in [0.25, 0.3) is 5.91 Å². The molecule has 0 radical (unpaired) electrons. The highest BCUT2D eigenvalue weighted by Gasteiger charge is 2.15. The molecule has 2 rings (SSSR count). The van der Waals surface area contributed by atoms with E-state index < -0.39 is 0 Å². The van der Waals surface area contributed by atoms with Crippen LogP contribution in [0.25, 0.3) is 0 Å². The summed E-state index contributed by atoms with van der Waals surface area (Å²) in [5, 5.41) is 2.68. The molecule has 2 aromatic heterocycles. The molecular formula is C14H21N5O2. The third-order valence-corrected chi connectivity index (χ3v) is 2.72. The first kappa shape index (κ1) is 16.5. The summed E-state index contributed by atoms with van der Waals surface area (Å²) in [5.74, 6) is 0.0556. The molecule has 21 heavy (non-hydrogen) atoms. The number of Topliss-reactive ketones (excluding diaryl/α,β-unsaturated/α-hetero) is 1. The van der Waals surface area contributed by atoms with E-state index in [4.69, 9.17) is 5.73 Å². The maximum Gasteiger partial charge on any atom is 0.291 e. The van der Waals surface area contributed by atoms with Crippen molar-refractivity contribution in [2.75, 3.05) is 11.1 Å². The maximum absolute atomic E-state index is 12.0. The summed E-state index contributed by atoms with van der Waals surface area (Å²) in [6, 6.07) is 1.62. The molecule has 0 aromatic carbocycles. The predicted octanol–water partition coefficient (Wildman–Crippen LogP) is 1.82. The summed E-state index contributed by atoms with van der Waals surface area (Å²) < 4.78 is 3.20. The Labute approximate surface area is 123 Å². The van der Waals surface area contributed by atoms with E-state index in [1.165, 1.54) is 6.92 Å². The van der Waals surface area contributed by atoms with Crippen LogP contribution in [0.2, 0.25) is 0 Å². The van der Waals surface area contributed by atoms with Gasteiger partial charge in [-0.3, -0.25) is 9.59 Å². The highest BCUT2D eigenvalue weighted by Crippen LogP contribution is 2.14. The second-order valence-electron chi connectivity index (χ2n) is 4.34. The van der Waals surface area contributed by atoms with Crippen LogP contribution < -0.4 is 11.1 Å². The average Bonchev–Trinajstić information content (AvgIpc) is 2.94. The standard InChI is InChI=1S/C12H15N5O2.C2H6/c1-7(18)9-4-8(5-16(9)2)14-12(19)11-15-10(13)6-17(11)3;1-2/h4-6H,13H2,1-3H3,(H,14,19);1-2H3. The number of nitrogen functional groups attached to an aromatic ring is 1. The molecule has 2 aromatic rings. The number of nitrogens with one attached hydrogen (secondary N) is 1. The third-order valence-electron chi connectivity index (χ3n) is 2.72. The zero-order chi connectivity index (χ0) is 16.2. The molecular weight excluding hydrogens is 270 g/mol. The van der Waals surface area contributed by atoms with Gasteiger partial charge in [-0.2, -0.15) is 0 Å². The molecule has 0 aliphatic carbocycles. The lowest BCUT2D eigenvalue weighted by Crippen LogP contribution is -2.16. The molecule has 1 amide bonds. The third kappa shape index (κ3) is 3.71. The summed E-state index contributed by atoms with van der Waals surface area (Å²) in [5.41, 5.74) is 6.58.